The second kappa shape index (κ2) is 15.0. The van der Waals surface area contributed by atoms with Crippen molar-refractivity contribution in [2.75, 3.05) is 24.5 Å². The molecule has 10 rings (SSSR count). The second-order valence-corrected chi connectivity index (χ2v) is 17.6. The first-order chi connectivity index (χ1) is 29.9. The zero-order valence-electron chi connectivity index (χ0n) is 33.0. The van der Waals surface area contributed by atoms with Gasteiger partial charge in [-0.05, 0) is 103 Å². The quantitative estimate of drug-likeness (QED) is 0.112. The topological polar surface area (TPSA) is 152 Å². The van der Waals surface area contributed by atoms with Crippen LogP contribution in [-0.4, -0.2) is 52.9 Å². The van der Waals surface area contributed by atoms with Crippen LogP contribution in [0.15, 0.2) is 124 Å². The second-order valence-electron chi connectivity index (χ2n) is 15.8. The van der Waals surface area contributed by atoms with Crippen LogP contribution in [0, 0.1) is 23.7 Å². The van der Waals surface area contributed by atoms with E-state index in [-0.39, 0.29) is 41.0 Å². The molecule has 2 aliphatic carbocycles. The van der Waals surface area contributed by atoms with Gasteiger partial charge in [0, 0.05) is 26.5 Å². The number of anilines is 2. The van der Waals surface area contributed by atoms with Gasteiger partial charge in [0.15, 0.2) is 17.1 Å². The van der Waals surface area contributed by atoms with Gasteiger partial charge in [-0.15, -0.1) is 0 Å². The standard InChI is InChI=1S/C47H35BrCl2N4O8/c1-60-28-14-9-24(10-15-28)47-33(44(57)54(46(47)59)52-35-18-11-26(49)21-34(35)50)22-31-29(40(47)32-19-25(48)20-38(61-2)41(32)55)16-17-30-39(31)45(58)53(43(30)56)27-12-7-23(8-13-27)42-51-36-5-3-4-6-37(36)62-42/h3-16,18-21,30-31,33,39-40,52,55H,17,22H2,1-2H3/t30-,31+,33-,39-,40+,47+/m0/s1. The molecule has 6 atom stereocenters. The van der Waals surface area contributed by atoms with Crippen LogP contribution in [0.2, 0.25) is 10.0 Å². The van der Waals surface area contributed by atoms with Gasteiger partial charge in [-0.25, -0.2) is 4.98 Å². The summed E-state index contributed by atoms with van der Waals surface area (Å²) in [5.41, 5.74) is 5.36. The lowest BCUT2D eigenvalue weighted by molar-refractivity contribution is -0.138. The Morgan fingerprint density at radius 3 is 2.34 bits per heavy atom. The number of para-hydroxylation sites is 2. The van der Waals surface area contributed by atoms with E-state index in [2.05, 4.69) is 26.3 Å². The number of nitrogens with one attached hydrogen (secondary N) is 1. The van der Waals surface area contributed by atoms with Crippen LogP contribution in [0.25, 0.3) is 22.6 Å². The minimum atomic E-state index is -1.69. The number of hydrazine groups is 1. The predicted molar refractivity (Wildman–Crippen MR) is 235 cm³/mol. The van der Waals surface area contributed by atoms with Crippen molar-refractivity contribution < 1.29 is 38.2 Å². The Morgan fingerprint density at radius 1 is 0.871 bits per heavy atom. The summed E-state index contributed by atoms with van der Waals surface area (Å²) in [7, 11) is 2.95. The van der Waals surface area contributed by atoms with E-state index in [1.165, 1.54) is 25.2 Å². The minimum Gasteiger partial charge on any atom is -0.504 e. The molecule has 2 aliphatic heterocycles. The molecule has 15 heteroatoms. The first kappa shape index (κ1) is 40.0. The van der Waals surface area contributed by atoms with E-state index in [9.17, 15) is 14.7 Å². The molecule has 312 valence electrons. The number of hydrogen-bond acceptors (Lipinski definition) is 10. The van der Waals surface area contributed by atoms with Gasteiger partial charge < -0.3 is 19.0 Å². The van der Waals surface area contributed by atoms with Gasteiger partial charge in [0.05, 0.1) is 53.8 Å². The van der Waals surface area contributed by atoms with E-state index in [0.717, 1.165) is 5.01 Å². The molecule has 0 spiro atoms. The van der Waals surface area contributed by atoms with Crippen LogP contribution >= 0.6 is 39.1 Å². The molecule has 3 fully saturated rings. The molecule has 0 radical (unpaired) electrons. The summed E-state index contributed by atoms with van der Waals surface area (Å²) >= 11 is 16.4. The van der Waals surface area contributed by atoms with Crippen molar-refractivity contribution >= 4 is 85.2 Å². The van der Waals surface area contributed by atoms with Crippen LogP contribution in [-0.2, 0) is 24.6 Å². The number of imide groups is 2. The van der Waals surface area contributed by atoms with Crippen LogP contribution in [0.3, 0.4) is 0 Å². The molecule has 4 amide bonds. The van der Waals surface area contributed by atoms with Crippen molar-refractivity contribution in [1.29, 1.82) is 0 Å². The van der Waals surface area contributed by atoms with Crippen molar-refractivity contribution in [2.24, 2.45) is 23.7 Å². The van der Waals surface area contributed by atoms with Crippen molar-refractivity contribution in [1.82, 2.24) is 9.99 Å². The number of phenols is 1. The van der Waals surface area contributed by atoms with Gasteiger partial charge >= 0.3 is 0 Å². The Balaban J connectivity index is 1.11. The van der Waals surface area contributed by atoms with Crippen molar-refractivity contribution in [3.63, 3.8) is 0 Å². The van der Waals surface area contributed by atoms with E-state index < -0.39 is 52.7 Å². The third kappa shape index (κ3) is 5.96. The normalized spacial score (nSPS) is 24.2. The fourth-order valence-electron chi connectivity index (χ4n) is 10.2. The maximum Gasteiger partial charge on any atom is 0.260 e. The van der Waals surface area contributed by atoms with Gasteiger partial charge in [-0.1, -0.05) is 75.0 Å². The molecule has 2 N–H and O–H groups in total. The average Bonchev–Trinajstić information content (AvgIpc) is 3.89. The fourth-order valence-corrected chi connectivity index (χ4v) is 11.1. The Bertz CT molecular complexity index is 2870. The number of rotatable bonds is 8. The Hall–Kier alpha value is -6.15. The average molecular weight is 935 g/mol. The molecule has 62 heavy (non-hydrogen) atoms. The summed E-state index contributed by atoms with van der Waals surface area (Å²) in [5, 5.41) is 13.6. The molecule has 5 aromatic carbocycles. The first-order valence-electron chi connectivity index (χ1n) is 19.8. The van der Waals surface area contributed by atoms with Crippen molar-refractivity contribution in [2.45, 2.75) is 24.2 Å². The zero-order valence-corrected chi connectivity index (χ0v) is 36.1. The molecular weight excluding hydrogens is 899 g/mol. The maximum atomic E-state index is 15.6. The third-order valence-electron chi connectivity index (χ3n) is 12.8. The van der Waals surface area contributed by atoms with Crippen molar-refractivity contribution in [3.05, 3.63) is 140 Å². The van der Waals surface area contributed by atoms with Crippen LogP contribution in [0.1, 0.15) is 29.9 Å². The molecule has 0 unspecified atom stereocenters. The van der Waals surface area contributed by atoms with Gasteiger partial charge in [-0.2, -0.15) is 5.01 Å². The minimum absolute atomic E-state index is 0.0298. The number of aromatic nitrogens is 1. The fraction of sp³-hybridized carbons (Fsp3) is 0.213. The molecule has 1 saturated carbocycles. The number of benzene rings is 5. The first-order valence-corrected chi connectivity index (χ1v) is 21.3. The summed E-state index contributed by atoms with van der Waals surface area (Å²) in [6, 6.07) is 29.2. The number of carbonyl (C=O) groups is 4. The summed E-state index contributed by atoms with van der Waals surface area (Å²) < 4.78 is 17.6. The smallest absolute Gasteiger partial charge is 0.260 e. The number of hydrogen-bond donors (Lipinski definition) is 2. The number of nitrogens with zero attached hydrogens (tertiary/aromatic N) is 3. The highest BCUT2D eigenvalue weighted by Gasteiger charge is 2.71. The van der Waals surface area contributed by atoms with E-state index in [1.807, 2.05) is 30.3 Å². The predicted octanol–water partition coefficient (Wildman–Crippen LogP) is 9.48. The third-order valence-corrected chi connectivity index (χ3v) is 13.9. The van der Waals surface area contributed by atoms with Crippen LogP contribution < -0.4 is 19.8 Å². The van der Waals surface area contributed by atoms with Crippen molar-refractivity contribution in [3.8, 4) is 28.7 Å². The molecule has 12 nitrogen and oxygen atoms in total. The number of amides is 4. The number of allylic oxidation sites excluding steroid dienone is 2. The van der Waals surface area contributed by atoms with E-state index in [4.69, 9.17) is 37.1 Å². The Labute approximate surface area is 373 Å². The number of aromatic hydroxyl groups is 1. The number of halogens is 3. The van der Waals surface area contributed by atoms with Gasteiger partial charge in [0.25, 0.3) is 11.8 Å². The summed E-state index contributed by atoms with van der Waals surface area (Å²) in [4.78, 5) is 66.0. The van der Waals surface area contributed by atoms with E-state index >= 15 is 9.59 Å². The lowest BCUT2D eigenvalue weighted by atomic mass is 9.49. The SMILES string of the molecule is COc1ccc([C@@]23C(=O)N(Nc4ccc(Cl)cc4Cl)C(=O)[C@@H]2C[C@@H]2C(=CC[C@@H]4C(=O)N(c5ccc(-c6nc7ccccc7o6)cc5)C(=O)[C@@H]42)[C@@H]3c2cc(Br)cc(OC)c2O)cc1. The Morgan fingerprint density at radius 2 is 1.63 bits per heavy atom. The number of phenolic OH excluding ortho intramolecular Hbond substituents is 1. The van der Waals surface area contributed by atoms with Gasteiger partial charge in [-0.3, -0.25) is 29.5 Å². The summed E-state index contributed by atoms with van der Waals surface area (Å²) in [6.45, 7) is 0. The van der Waals surface area contributed by atoms with Crippen LogP contribution in [0.5, 0.6) is 17.2 Å². The molecule has 1 aromatic heterocycles. The number of fused-ring (bicyclic) bond motifs is 5. The molecule has 0 bridgehead atoms. The van der Waals surface area contributed by atoms with E-state index in [1.54, 1.807) is 72.8 Å². The molecule has 2 saturated heterocycles. The summed E-state index contributed by atoms with van der Waals surface area (Å²) in [5.74, 6) is -5.63. The highest BCUT2D eigenvalue weighted by atomic mass is 79.9. The molecule has 3 heterocycles. The molecule has 4 aliphatic rings. The number of oxazole rings is 1. The molecule has 6 aromatic rings. The monoisotopic (exact) mass is 932 g/mol. The highest BCUT2D eigenvalue weighted by Crippen LogP contribution is 2.65. The zero-order chi connectivity index (χ0) is 43.2. The van der Waals surface area contributed by atoms with Gasteiger partial charge in [0.2, 0.25) is 17.7 Å². The highest BCUT2D eigenvalue weighted by molar-refractivity contribution is 9.10. The lowest BCUT2D eigenvalue weighted by Gasteiger charge is -2.50. The summed E-state index contributed by atoms with van der Waals surface area (Å²) in [6.07, 6.45) is 2.12. The largest absolute Gasteiger partial charge is 0.504 e. The Kier molecular flexibility index (Phi) is 9.69. The molecular formula is C47H35BrCl2N4O8. The van der Waals surface area contributed by atoms with Gasteiger partial charge in [0.1, 0.15) is 11.3 Å². The lowest BCUT2D eigenvalue weighted by Crippen LogP contribution is -2.53. The number of carbonyl (C=O) groups excluding carboxylic acids is 4. The van der Waals surface area contributed by atoms with E-state index in [0.29, 0.717) is 60.2 Å². The van der Waals surface area contributed by atoms with Crippen LogP contribution in [0.4, 0.5) is 11.4 Å². The maximum absolute atomic E-state index is 15.6. The number of ether oxygens (including phenoxy) is 2. The number of methoxy groups -OCH3 is 2.